The summed E-state index contributed by atoms with van der Waals surface area (Å²) in [6.07, 6.45) is 5.30. The zero-order valence-electron chi connectivity index (χ0n) is 18.4. The van der Waals surface area contributed by atoms with Crippen LogP contribution in [0.5, 0.6) is 0 Å². The minimum Gasteiger partial charge on any atom is -0.352 e. The minimum atomic E-state index is -0.207. The van der Waals surface area contributed by atoms with Gasteiger partial charge >= 0.3 is 0 Å². The summed E-state index contributed by atoms with van der Waals surface area (Å²) < 4.78 is 1.80. The van der Waals surface area contributed by atoms with Crippen LogP contribution in [-0.2, 0) is 11.3 Å². The molecule has 6 heteroatoms. The zero-order chi connectivity index (χ0) is 22.6. The molecule has 1 N–H and O–H groups in total. The lowest BCUT2D eigenvalue weighted by Gasteiger charge is -2.32. The van der Waals surface area contributed by atoms with Crippen LogP contribution in [0.3, 0.4) is 0 Å². The number of nitrogens with one attached hydrogen (secondary N) is 1. The number of hydrogen-bond acceptors (Lipinski definition) is 3. The number of benzene rings is 3. The van der Waals surface area contributed by atoms with Crippen LogP contribution < -0.4 is 5.32 Å². The molecule has 1 fully saturated rings. The van der Waals surface area contributed by atoms with Crippen LogP contribution in [0.2, 0.25) is 0 Å². The Morgan fingerprint density at radius 1 is 0.970 bits per heavy atom. The molecule has 1 aromatic heterocycles. The summed E-state index contributed by atoms with van der Waals surface area (Å²) in [5.74, 6) is -0.229. The van der Waals surface area contributed by atoms with Gasteiger partial charge in [-0.3, -0.25) is 9.59 Å². The lowest BCUT2D eigenvalue weighted by molar-refractivity contribution is -0.126. The monoisotopic (exact) mass is 438 g/mol. The molecule has 3 aromatic carbocycles. The van der Waals surface area contributed by atoms with Crippen LogP contribution in [0.25, 0.3) is 16.5 Å². The number of likely N-dealkylation sites (tertiary alicyclic amines) is 1. The van der Waals surface area contributed by atoms with Crippen molar-refractivity contribution in [1.29, 1.82) is 0 Å². The Morgan fingerprint density at radius 2 is 1.76 bits per heavy atom. The molecule has 1 aliphatic rings. The number of para-hydroxylation sites is 1. The molecule has 0 bridgehead atoms. The molecule has 0 aliphatic carbocycles. The average molecular weight is 439 g/mol. The third-order valence-corrected chi connectivity index (χ3v) is 6.22. The third-order valence-electron chi connectivity index (χ3n) is 6.22. The number of rotatable bonds is 5. The van der Waals surface area contributed by atoms with Gasteiger partial charge in [0.25, 0.3) is 5.91 Å². The number of aromatic nitrogens is 2. The molecule has 2 heterocycles. The Morgan fingerprint density at radius 3 is 2.64 bits per heavy atom. The van der Waals surface area contributed by atoms with Crippen LogP contribution in [0, 0.1) is 5.92 Å². The molecule has 5 rings (SSSR count). The van der Waals surface area contributed by atoms with Crippen molar-refractivity contribution in [2.24, 2.45) is 5.92 Å². The van der Waals surface area contributed by atoms with Gasteiger partial charge in [0.2, 0.25) is 5.91 Å². The van der Waals surface area contributed by atoms with E-state index in [2.05, 4.69) is 10.4 Å². The van der Waals surface area contributed by atoms with Crippen LogP contribution in [0.4, 0.5) is 0 Å². The first-order valence-electron chi connectivity index (χ1n) is 11.3. The molecule has 1 atom stereocenters. The highest BCUT2D eigenvalue weighted by Gasteiger charge is 2.29. The SMILES string of the molecule is O=C(NCc1cnn(-c2ccccc2)c1)C1CCCN(C(=O)c2cccc3ccccc23)C1. The van der Waals surface area contributed by atoms with Crippen molar-refractivity contribution in [2.75, 3.05) is 13.1 Å². The third kappa shape index (κ3) is 4.51. The summed E-state index contributed by atoms with van der Waals surface area (Å²) in [6, 6.07) is 23.6. The second-order valence-corrected chi connectivity index (χ2v) is 8.46. The minimum absolute atomic E-state index is 0.00608. The van der Waals surface area contributed by atoms with Crippen molar-refractivity contribution in [3.63, 3.8) is 0 Å². The number of piperidine rings is 1. The van der Waals surface area contributed by atoms with E-state index in [0.29, 0.717) is 25.2 Å². The highest BCUT2D eigenvalue weighted by atomic mass is 16.2. The van der Waals surface area contributed by atoms with E-state index in [-0.39, 0.29) is 17.7 Å². The maximum atomic E-state index is 13.3. The standard InChI is InChI=1S/C27H26N4O2/c32-26(28-16-20-17-29-31(18-20)23-11-2-1-3-12-23)22-10-7-15-30(19-22)27(33)25-14-6-9-21-8-4-5-13-24(21)25/h1-6,8-9,11-14,17-18,22H,7,10,15-16,19H2,(H,28,32). The van der Waals surface area contributed by atoms with E-state index in [4.69, 9.17) is 0 Å². The number of fused-ring (bicyclic) bond motifs is 1. The number of nitrogens with zero attached hydrogens (tertiary/aromatic N) is 3. The predicted molar refractivity (Wildman–Crippen MR) is 128 cm³/mol. The number of carbonyl (C=O) groups is 2. The fourth-order valence-electron chi connectivity index (χ4n) is 4.46. The molecule has 0 saturated carbocycles. The number of carbonyl (C=O) groups excluding carboxylic acids is 2. The quantitative estimate of drug-likeness (QED) is 0.508. The Kier molecular flexibility index (Phi) is 5.89. The largest absolute Gasteiger partial charge is 0.352 e. The van der Waals surface area contributed by atoms with Gasteiger partial charge in [-0.2, -0.15) is 5.10 Å². The topological polar surface area (TPSA) is 67.2 Å². The molecule has 4 aromatic rings. The van der Waals surface area contributed by atoms with Gasteiger partial charge in [0, 0.05) is 37.0 Å². The van der Waals surface area contributed by atoms with Gasteiger partial charge in [0.1, 0.15) is 0 Å². The summed E-state index contributed by atoms with van der Waals surface area (Å²) in [6.45, 7) is 1.53. The summed E-state index contributed by atoms with van der Waals surface area (Å²) in [5, 5.41) is 9.41. The predicted octanol–water partition coefficient (Wildman–Crippen LogP) is 4.19. The van der Waals surface area contributed by atoms with Crippen molar-refractivity contribution in [3.05, 3.63) is 96.3 Å². The van der Waals surface area contributed by atoms with E-state index >= 15 is 0 Å². The number of hydrogen-bond donors (Lipinski definition) is 1. The smallest absolute Gasteiger partial charge is 0.254 e. The van der Waals surface area contributed by atoms with Crippen molar-refractivity contribution in [3.8, 4) is 5.69 Å². The van der Waals surface area contributed by atoms with Gasteiger partial charge in [0.15, 0.2) is 0 Å². The molecule has 1 saturated heterocycles. The van der Waals surface area contributed by atoms with E-state index < -0.39 is 0 Å². The second kappa shape index (κ2) is 9.28. The van der Waals surface area contributed by atoms with Gasteiger partial charge in [0.05, 0.1) is 17.8 Å². The van der Waals surface area contributed by atoms with Gasteiger partial charge in [-0.05, 0) is 41.8 Å². The summed E-state index contributed by atoms with van der Waals surface area (Å²) >= 11 is 0. The Hall–Kier alpha value is -3.93. The molecule has 2 amide bonds. The maximum Gasteiger partial charge on any atom is 0.254 e. The van der Waals surface area contributed by atoms with E-state index in [9.17, 15) is 9.59 Å². The lowest BCUT2D eigenvalue weighted by Crippen LogP contribution is -2.45. The van der Waals surface area contributed by atoms with Crippen LogP contribution in [0.1, 0.15) is 28.8 Å². The molecule has 166 valence electrons. The maximum absolute atomic E-state index is 13.3. The van der Waals surface area contributed by atoms with Gasteiger partial charge in [-0.25, -0.2) is 4.68 Å². The molecular formula is C27H26N4O2. The van der Waals surface area contributed by atoms with Gasteiger partial charge < -0.3 is 10.2 Å². The normalized spacial score (nSPS) is 16.0. The Bertz CT molecular complexity index is 1280. The Labute approximate surface area is 192 Å². The molecule has 1 unspecified atom stereocenters. The molecule has 33 heavy (non-hydrogen) atoms. The first kappa shape index (κ1) is 20.9. The average Bonchev–Trinajstić information content (AvgIpc) is 3.36. The van der Waals surface area contributed by atoms with E-state index in [1.54, 1.807) is 10.9 Å². The van der Waals surface area contributed by atoms with Crippen LogP contribution in [0.15, 0.2) is 85.2 Å². The molecule has 6 nitrogen and oxygen atoms in total. The van der Waals surface area contributed by atoms with E-state index in [0.717, 1.165) is 34.9 Å². The van der Waals surface area contributed by atoms with E-state index in [1.807, 2.05) is 83.9 Å². The highest BCUT2D eigenvalue weighted by molar-refractivity contribution is 6.07. The Balaban J connectivity index is 1.22. The summed E-state index contributed by atoms with van der Waals surface area (Å²) in [4.78, 5) is 28.0. The summed E-state index contributed by atoms with van der Waals surface area (Å²) in [5.41, 5.74) is 2.61. The molecule has 1 aliphatic heterocycles. The second-order valence-electron chi connectivity index (χ2n) is 8.46. The molecular weight excluding hydrogens is 412 g/mol. The van der Waals surface area contributed by atoms with E-state index in [1.165, 1.54) is 0 Å². The van der Waals surface area contributed by atoms with Crippen LogP contribution >= 0.6 is 0 Å². The fraction of sp³-hybridized carbons (Fsp3) is 0.222. The van der Waals surface area contributed by atoms with Crippen molar-refractivity contribution in [1.82, 2.24) is 20.0 Å². The van der Waals surface area contributed by atoms with Crippen molar-refractivity contribution in [2.45, 2.75) is 19.4 Å². The lowest BCUT2D eigenvalue weighted by atomic mass is 9.95. The van der Waals surface area contributed by atoms with Crippen LogP contribution in [-0.4, -0.2) is 39.6 Å². The van der Waals surface area contributed by atoms with Gasteiger partial charge in [-0.1, -0.05) is 54.6 Å². The molecule has 0 radical (unpaired) electrons. The first-order chi connectivity index (χ1) is 16.2. The van der Waals surface area contributed by atoms with Crippen molar-refractivity contribution >= 4 is 22.6 Å². The molecule has 0 spiro atoms. The zero-order valence-corrected chi connectivity index (χ0v) is 18.4. The first-order valence-corrected chi connectivity index (χ1v) is 11.3. The number of amides is 2. The summed E-state index contributed by atoms with van der Waals surface area (Å²) in [7, 11) is 0. The highest BCUT2D eigenvalue weighted by Crippen LogP contribution is 2.23. The van der Waals surface area contributed by atoms with Crippen molar-refractivity contribution < 1.29 is 9.59 Å². The fourth-order valence-corrected chi connectivity index (χ4v) is 4.46. The van der Waals surface area contributed by atoms with Gasteiger partial charge in [-0.15, -0.1) is 0 Å².